The summed E-state index contributed by atoms with van der Waals surface area (Å²) in [6, 6.07) is 46.9. The molecule has 6 aromatic carbocycles. The number of fused-ring (bicyclic) bond motifs is 8. The minimum Gasteiger partial charge on any atom is -0.456 e. The topological polar surface area (TPSA) is 38.9 Å². The second-order valence-electron chi connectivity index (χ2n) is 12.2. The van der Waals surface area contributed by atoms with Gasteiger partial charge in [-0.25, -0.2) is 9.97 Å². The number of hydrogen-bond acceptors (Lipinski definition) is 3. The van der Waals surface area contributed by atoms with Crippen molar-refractivity contribution in [3.8, 4) is 45.0 Å². The molecule has 3 heteroatoms. The molecule has 8 aromatic rings. The fourth-order valence-electron chi connectivity index (χ4n) is 7.20. The second kappa shape index (κ2) is 9.23. The van der Waals surface area contributed by atoms with Crippen molar-refractivity contribution < 1.29 is 4.42 Å². The molecule has 0 amide bonds. The zero-order valence-electron chi connectivity index (χ0n) is 24.5. The van der Waals surface area contributed by atoms with Crippen LogP contribution < -0.4 is 0 Å². The molecule has 2 aromatic heterocycles. The van der Waals surface area contributed by atoms with Crippen LogP contribution in [0.3, 0.4) is 0 Å². The normalized spacial score (nSPS) is 13.4. The number of furan rings is 1. The Morgan fingerprint density at radius 2 is 1.27 bits per heavy atom. The van der Waals surface area contributed by atoms with Crippen LogP contribution in [0.2, 0.25) is 0 Å². The molecule has 0 bridgehead atoms. The molecule has 0 saturated heterocycles. The maximum atomic E-state index is 6.26. The van der Waals surface area contributed by atoms with E-state index >= 15 is 0 Å². The second-order valence-corrected chi connectivity index (χ2v) is 12.2. The molecule has 0 atom stereocenters. The Morgan fingerprint density at radius 1 is 0.523 bits per heavy atom. The molecular formula is C41H28N2O. The van der Waals surface area contributed by atoms with Gasteiger partial charge in [0.1, 0.15) is 11.2 Å². The van der Waals surface area contributed by atoms with Gasteiger partial charge in [0.05, 0.1) is 11.4 Å². The number of hydrogen-bond donors (Lipinski definition) is 0. The highest BCUT2D eigenvalue weighted by Gasteiger charge is 2.38. The van der Waals surface area contributed by atoms with Crippen molar-refractivity contribution >= 4 is 32.7 Å². The average Bonchev–Trinajstić information content (AvgIpc) is 3.56. The average molecular weight is 565 g/mol. The molecule has 0 N–H and O–H groups in total. The van der Waals surface area contributed by atoms with Crippen LogP contribution in [0.15, 0.2) is 138 Å². The van der Waals surface area contributed by atoms with E-state index < -0.39 is 0 Å². The molecule has 3 nitrogen and oxygen atoms in total. The fraction of sp³-hybridized carbons (Fsp3) is 0.0732. The van der Waals surface area contributed by atoms with Gasteiger partial charge in [-0.3, -0.25) is 0 Å². The van der Waals surface area contributed by atoms with Crippen LogP contribution in [0.1, 0.15) is 25.0 Å². The minimum absolute atomic E-state index is 0.147. The Balaban J connectivity index is 1.29. The summed E-state index contributed by atoms with van der Waals surface area (Å²) >= 11 is 0. The Kier molecular flexibility index (Phi) is 5.24. The Bertz CT molecular complexity index is 2420. The molecule has 1 aliphatic rings. The molecule has 0 unspecified atom stereocenters. The van der Waals surface area contributed by atoms with Crippen molar-refractivity contribution in [1.82, 2.24) is 9.97 Å². The zero-order valence-corrected chi connectivity index (χ0v) is 24.5. The molecule has 0 saturated carbocycles. The highest BCUT2D eigenvalue weighted by Crippen LogP contribution is 2.54. The number of rotatable bonds is 3. The summed E-state index contributed by atoms with van der Waals surface area (Å²) in [5.41, 5.74) is 11.7. The van der Waals surface area contributed by atoms with Crippen LogP contribution in [0, 0.1) is 0 Å². The largest absolute Gasteiger partial charge is 0.456 e. The Labute approximate surface area is 255 Å². The lowest BCUT2D eigenvalue weighted by molar-refractivity contribution is 0.666. The molecule has 1 aliphatic carbocycles. The number of benzene rings is 6. The fourth-order valence-corrected chi connectivity index (χ4v) is 7.20. The third kappa shape index (κ3) is 3.62. The SMILES string of the molecule is CC1(C)c2cccc(-c3cc(-c4ccc5c(c4)oc4ccccc45)nc(-c4ccccc4)n3)c2-c2ccc3ccccc3c21. The van der Waals surface area contributed by atoms with Gasteiger partial charge in [0.2, 0.25) is 0 Å². The molecule has 0 spiro atoms. The first kappa shape index (κ1) is 25.0. The maximum absolute atomic E-state index is 6.26. The summed E-state index contributed by atoms with van der Waals surface area (Å²) in [5.74, 6) is 0.705. The van der Waals surface area contributed by atoms with Gasteiger partial charge in [-0.2, -0.15) is 0 Å². The highest BCUT2D eigenvalue weighted by molar-refractivity contribution is 6.06. The number of aromatic nitrogens is 2. The van der Waals surface area contributed by atoms with Gasteiger partial charge >= 0.3 is 0 Å². The van der Waals surface area contributed by atoms with Gasteiger partial charge in [0, 0.05) is 32.9 Å². The molecule has 208 valence electrons. The van der Waals surface area contributed by atoms with Gasteiger partial charge < -0.3 is 4.42 Å². The first-order chi connectivity index (χ1) is 21.6. The van der Waals surface area contributed by atoms with E-state index in [9.17, 15) is 0 Å². The third-order valence-electron chi connectivity index (χ3n) is 9.27. The first-order valence-electron chi connectivity index (χ1n) is 15.1. The van der Waals surface area contributed by atoms with E-state index in [4.69, 9.17) is 14.4 Å². The van der Waals surface area contributed by atoms with Crippen molar-refractivity contribution in [2.45, 2.75) is 19.3 Å². The van der Waals surface area contributed by atoms with E-state index in [1.807, 2.05) is 30.3 Å². The number of para-hydroxylation sites is 1. The number of nitrogens with zero attached hydrogens (tertiary/aromatic N) is 2. The standard InChI is InChI=1S/C41H28N2O/c1-41(2)33-17-10-16-31(38(33)32-22-19-25-11-6-7-14-28(25)39(32)41)35-24-34(42-40(43-35)26-12-4-3-5-13-26)27-20-21-30-29-15-8-9-18-36(29)44-37(30)23-27/h3-24H,1-2H3. The minimum atomic E-state index is -0.147. The summed E-state index contributed by atoms with van der Waals surface area (Å²) in [7, 11) is 0. The van der Waals surface area contributed by atoms with E-state index in [0.717, 1.165) is 50.0 Å². The van der Waals surface area contributed by atoms with Gasteiger partial charge in [-0.1, -0.05) is 123 Å². The Hall–Kier alpha value is -5.54. The van der Waals surface area contributed by atoms with E-state index in [2.05, 4.69) is 117 Å². The third-order valence-corrected chi connectivity index (χ3v) is 9.27. The molecule has 0 aliphatic heterocycles. The van der Waals surface area contributed by atoms with Crippen LogP contribution in [0.4, 0.5) is 0 Å². The van der Waals surface area contributed by atoms with Crippen LogP contribution in [0.25, 0.3) is 77.7 Å². The molecular weight excluding hydrogens is 536 g/mol. The predicted octanol–water partition coefficient (Wildman–Crippen LogP) is 10.8. The van der Waals surface area contributed by atoms with Crippen LogP contribution in [0.5, 0.6) is 0 Å². The van der Waals surface area contributed by atoms with Gasteiger partial charge in [0.25, 0.3) is 0 Å². The monoisotopic (exact) mass is 564 g/mol. The van der Waals surface area contributed by atoms with E-state index in [1.54, 1.807) is 0 Å². The van der Waals surface area contributed by atoms with E-state index in [-0.39, 0.29) is 5.41 Å². The predicted molar refractivity (Wildman–Crippen MR) is 181 cm³/mol. The lowest BCUT2D eigenvalue weighted by Crippen LogP contribution is -2.15. The maximum Gasteiger partial charge on any atom is 0.160 e. The highest BCUT2D eigenvalue weighted by atomic mass is 16.3. The van der Waals surface area contributed by atoms with Crippen molar-refractivity contribution in [2.24, 2.45) is 0 Å². The van der Waals surface area contributed by atoms with Gasteiger partial charge in [-0.05, 0) is 57.3 Å². The smallest absolute Gasteiger partial charge is 0.160 e. The summed E-state index contributed by atoms with van der Waals surface area (Å²) in [4.78, 5) is 10.3. The molecule has 0 fully saturated rings. The lowest BCUT2D eigenvalue weighted by Gasteiger charge is -2.23. The summed E-state index contributed by atoms with van der Waals surface area (Å²) in [6.45, 7) is 4.69. The van der Waals surface area contributed by atoms with Crippen LogP contribution in [-0.2, 0) is 5.41 Å². The van der Waals surface area contributed by atoms with Crippen molar-refractivity contribution in [3.63, 3.8) is 0 Å². The summed E-state index contributed by atoms with van der Waals surface area (Å²) < 4.78 is 6.26. The van der Waals surface area contributed by atoms with Crippen molar-refractivity contribution in [2.75, 3.05) is 0 Å². The quantitative estimate of drug-likeness (QED) is 0.214. The first-order valence-corrected chi connectivity index (χ1v) is 15.1. The Morgan fingerprint density at radius 3 is 2.16 bits per heavy atom. The van der Waals surface area contributed by atoms with Gasteiger partial charge in [0.15, 0.2) is 5.82 Å². The lowest BCUT2D eigenvalue weighted by atomic mass is 9.80. The summed E-state index contributed by atoms with van der Waals surface area (Å²) in [6.07, 6.45) is 0. The molecule has 9 rings (SSSR count). The van der Waals surface area contributed by atoms with E-state index in [1.165, 1.54) is 33.0 Å². The molecule has 2 heterocycles. The molecule has 0 radical (unpaired) electrons. The van der Waals surface area contributed by atoms with Crippen LogP contribution in [-0.4, -0.2) is 9.97 Å². The van der Waals surface area contributed by atoms with Crippen molar-refractivity contribution in [1.29, 1.82) is 0 Å². The molecule has 44 heavy (non-hydrogen) atoms. The zero-order chi connectivity index (χ0) is 29.4. The summed E-state index contributed by atoms with van der Waals surface area (Å²) in [5, 5.41) is 4.81. The van der Waals surface area contributed by atoms with Crippen LogP contribution >= 0.6 is 0 Å². The van der Waals surface area contributed by atoms with Crippen molar-refractivity contribution in [3.05, 3.63) is 145 Å². The van der Waals surface area contributed by atoms with E-state index in [0.29, 0.717) is 5.82 Å². The van der Waals surface area contributed by atoms with Gasteiger partial charge in [-0.15, -0.1) is 0 Å².